The van der Waals surface area contributed by atoms with E-state index in [2.05, 4.69) is 58.0 Å². The molecule has 4 heterocycles. The van der Waals surface area contributed by atoms with Crippen LogP contribution in [0.3, 0.4) is 0 Å². The molecular weight excluding hydrogens is 1260 g/mol. The van der Waals surface area contributed by atoms with Crippen LogP contribution in [0.4, 0.5) is 10.2 Å². The van der Waals surface area contributed by atoms with Gasteiger partial charge >= 0.3 is 17.9 Å². The lowest BCUT2D eigenvalue weighted by Crippen LogP contribution is -2.66. The third-order valence-corrected chi connectivity index (χ3v) is 17.7. The van der Waals surface area contributed by atoms with Gasteiger partial charge in [-0.3, -0.25) is 33.2 Å². The maximum Gasteiger partial charge on any atom is 0.303 e. The van der Waals surface area contributed by atoms with Crippen molar-refractivity contribution in [2.24, 2.45) is 0 Å². The van der Waals surface area contributed by atoms with Crippen molar-refractivity contribution in [1.29, 1.82) is 0 Å². The maximum absolute atomic E-state index is 18.3. The minimum absolute atomic E-state index is 0.0481. The van der Waals surface area contributed by atoms with Gasteiger partial charge in [-0.2, -0.15) is 0 Å². The quantitative estimate of drug-likeness (QED) is 0.0126. The Morgan fingerprint density at radius 3 is 1.77 bits per heavy atom. The van der Waals surface area contributed by atoms with E-state index < -0.39 is 98.9 Å². The Kier molecular flexibility index (Phi) is 27.5. The van der Waals surface area contributed by atoms with Crippen LogP contribution in [0.1, 0.15) is 78.3 Å². The van der Waals surface area contributed by atoms with E-state index in [1.807, 2.05) is 84.9 Å². The number of carbonyl (C=O) groups excluding carboxylic acids is 5. The van der Waals surface area contributed by atoms with Crippen LogP contribution in [0.2, 0.25) is 0 Å². The van der Waals surface area contributed by atoms with Crippen LogP contribution in [-0.2, 0) is 81.5 Å². The van der Waals surface area contributed by atoms with E-state index in [1.54, 1.807) is 38.5 Å². The average Bonchev–Trinajstić information content (AvgIpc) is 1.71. The van der Waals surface area contributed by atoms with Crippen LogP contribution in [0.5, 0.6) is 17.2 Å². The summed E-state index contributed by atoms with van der Waals surface area (Å²) in [4.78, 5) is 75.1. The monoisotopic (exact) mass is 1340 g/mol. The number of alkyl halides is 1. The van der Waals surface area contributed by atoms with Gasteiger partial charge in [-0.15, -0.1) is 0 Å². The van der Waals surface area contributed by atoms with Gasteiger partial charge in [-0.25, -0.2) is 19.3 Å². The zero-order valence-electron chi connectivity index (χ0n) is 55.0. The molecule has 0 aliphatic carbocycles. The van der Waals surface area contributed by atoms with Crippen molar-refractivity contribution < 1.29 is 94.5 Å². The Morgan fingerprint density at radius 1 is 0.642 bits per heavy atom. The number of halogens is 1. The number of methoxy groups -OCH3 is 2. The minimum Gasteiger partial charge on any atom is -0.497 e. The average molecular weight is 1340 g/mol. The minimum atomic E-state index is -1.84. The summed E-state index contributed by atoms with van der Waals surface area (Å²) in [7, 11) is 1.56. The van der Waals surface area contributed by atoms with E-state index in [0.717, 1.165) is 30.5 Å². The lowest BCUT2D eigenvalue weighted by molar-refractivity contribution is -0.279. The van der Waals surface area contributed by atoms with Crippen molar-refractivity contribution >= 4 is 55.0 Å². The van der Waals surface area contributed by atoms with Gasteiger partial charge in [-0.1, -0.05) is 72.8 Å². The Labute approximate surface area is 552 Å². The molecule has 514 valence electrons. The number of carbonyl (C=O) groups is 5. The van der Waals surface area contributed by atoms with Crippen LogP contribution in [-0.4, -0.2) is 201 Å². The zero-order chi connectivity index (χ0) is 68.0. The van der Waals surface area contributed by atoms with Gasteiger partial charge in [0.05, 0.1) is 73.4 Å². The molecule has 0 saturated carbocycles. The third kappa shape index (κ3) is 19.7. The number of rotatable bonds is 36. The maximum atomic E-state index is 18.3. The molecule has 2 amide bonds. The number of hydrogen-bond donors (Lipinski definition) is 2. The molecule has 2 aromatic heterocycles. The number of hydrogen-bond acceptors (Lipinski definition) is 23. The third-order valence-electron chi connectivity index (χ3n) is 15.2. The molecule has 0 bridgehead atoms. The van der Waals surface area contributed by atoms with Gasteiger partial charge < -0.3 is 76.7 Å². The fourth-order valence-electron chi connectivity index (χ4n) is 11.2. The highest BCUT2D eigenvalue weighted by atomic mass is 31.2. The number of imidazole rings is 1. The number of amides is 2. The van der Waals surface area contributed by atoms with Gasteiger partial charge in [0.25, 0.3) is 5.91 Å². The summed E-state index contributed by atoms with van der Waals surface area (Å²) < 4.78 is 106. The lowest BCUT2D eigenvalue weighted by atomic mass is 9.80. The van der Waals surface area contributed by atoms with Gasteiger partial charge in [0, 0.05) is 45.9 Å². The molecule has 4 aromatic carbocycles. The Bertz CT molecular complexity index is 3340. The molecule has 2 fully saturated rings. The number of para-hydroxylation sites is 1. The predicted molar refractivity (Wildman–Crippen MR) is 344 cm³/mol. The van der Waals surface area contributed by atoms with Gasteiger partial charge in [0.2, 0.25) is 5.91 Å². The van der Waals surface area contributed by atoms with Crippen LogP contribution in [0, 0.1) is 0 Å². The molecule has 2 aliphatic heterocycles. The topological polar surface area (TPSA) is 285 Å². The van der Waals surface area contributed by atoms with Crippen LogP contribution in [0.15, 0.2) is 122 Å². The second-order valence-corrected chi connectivity index (χ2v) is 24.5. The zero-order valence-corrected chi connectivity index (χ0v) is 55.9. The van der Waals surface area contributed by atoms with E-state index >= 15 is 4.39 Å². The number of nitrogens with one attached hydrogen (secondary N) is 2. The molecule has 8 rings (SSSR count). The SMILES string of the molecule is COc1ccc(C(OC[C@H]2O[C@@H](n3cnc4c(NC(=O)COc5ccccc5)ncnc43)[C@H](F)[C@@H]2OP(CCOCCOCCOCCO[C@@H]2O[C@H](COC(C)=O)[C@H](OC(C)=O)[C@H](OC(C)=O)[C@H]2NC(C)=O)N(C(C)C)C(C)C)(c2ccccc2)c2ccc(OC)cc2)cc1. The molecule has 2 aliphatic rings. The summed E-state index contributed by atoms with van der Waals surface area (Å²) in [5.41, 5.74) is 1.35. The summed E-state index contributed by atoms with van der Waals surface area (Å²) >= 11 is 0. The Hall–Kier alpha value is -7.82. The fraction of sp³-hybridized carbons (Fsp3) is 0.493. The highest BCUT2D eigenvalue weighted by molar-refractivity contribution is 7.50. The van der Waals surface area contributed by atoms with Crippen molar-refractivity contribution in [3.8, 4) is 17.2 Å². The molecule has 0 spiro atoms. The van der Waals surface area contributed by atoms with E-state index in [1.165, 1.54) is 31.1 Å². The molecule has 2 N–H and O–H groups in total. The second-order valence-electron chi connectivity index (χ2n) is 22.7. The van der Waals surface area contributed by atoms with Crippen molar-refractivity contribution in [1.82, 2.24) is 29.5 Å². The van der Waals surface area contributed by atoms with Crippen LogP contribution in [0.25, 0.3) is 11.2 Å². The Morgan fingerprint density at radius 2 is 1.20 bits per heavy atom. The van der Waals surface area contributed by atoms with Gasteiger partial charge in [0.1, 0.15) is 68.4 Å². The highest BCUT2D eigenvalue weighted by Gasteiger charge is 2.53. The van der Waals surface area contributed by atoms with Crippen molar-refractivity contribution in [3.63, 3.8) is 0 Å². The Balaban J connectivity index is 0.961. The fourth-order valence-corrected chi connectivity index (χ4v) is 13.5. The van der Waals surface area contributed by atoms with Gasteiger partial charge in [-0.05, 0) is 80.8 Å². The smallest absolute Gasteiger partial charge is 0.303 e. The molecule has 95 heavy (non-hydrogen) atoms. The van der Waals surface area contributed by atoms with Crippen LogP contribution >= 0.6 is 8.30 Å². The normalized spacial score (nSPS) is 20.7. The molecule has 10 atom stereocenters. The van der Waals surface area contributed by atoms with Crippen molar-refractivity contribution in [2.75, 3.05) is 91.8 Å². The van der Waals surface area contributed by atoms with Crippen molar-refractivity contribution in [3.05, 3.63) is 139 Å². The number of anilines is 1. The number of nitrogens with zero attached hydrogens (tertiary/aromatic N) is 5. The number of benzene rings is 4. The highest BCUT2D eigenvalue weighted by Crippen LogP contribution is 2.51. The summed E-state index contributed by atoms with van der Waals surface area (Å²) in [6, 6.07) is 32.6. The van der Waals surface area contributed by atoms with E-state index in [9.17, 15) is 24.0 Å². The first-order chi connectivity index (χ1) is 45.8. The largest absolute Gasteiger partial charge is 0.497 e. The number of fused-ring (bicyclic) bond motifs is 1. The summed E-state index contributed by atoms with van der Waals surface area (Å²) in [6.45, 7) is 13.1. The molecular formula is C67H85FN7O19P. The lowest BCUT2D eigenvalue weighted by Gasteiger charge is -2.44. The predicted octanol–water partition coefficient (Wildman–Crippen LogP) is 7.64. The second kappa shape index (κ2) is 35.8. The number of esters is 3. The summed E-state index contributed by atoms with van der Waals surface area (Å²) in [5.74, 6) is -1.22. The number of aromatic nitrogens is 4. The molecule has 0 radical (unpaired) electrons. The first-order valence-corrected chi connectivity index (χ1v) is 32.6. The summed E-state index contributed by atoms with van der Waals surface area (Å²) in [6.07, 6.45) is -7.37. The molecule has 26 nitrogen and oxygen atoms in total. The molecule has 1 unspecified atom stereocenters. The van der Waals surface area contributed by atoms with E-state index in [-0.39, 0.29) is 95.1 Å². The summed E-state index contributed by atoms with van der Waals surface area (Å²) in [5, 5.41) is 5.43. The van der Waals surface area contributed by atoms with E-state index in [4.69, 9.17) is 66.1 Å². The first kappa shape index (κ1) is 73.0. The molecule has 28 heteroatoms. The van der Waals surface area contributed by atoms with Crippen molar-refractivity contribution in [2.45, 2.75) is 128 Å². The van der Waals surface area contributed by atoms with Crippen LogP contribution < -0.4 is 24.8 Å². The van der Waals surface area contributed by atoms with Gasteiger partial charge in [0.15, 0.2) is 54.5 Å². The standard InChI is InChI=1S/C67H85FN7O19P/c1-42(2)75(43(3)4)95(36-35-85-32-31-83-29-30-84-33-34-86-66-58(72-44(5)76)62(91-47(8)79)61(90-46(7)78)54(93-66)37-87-45(6)77)94-60-55(38-89-67(48-17-13-11-14-18-48,49-21-25-51(81-9)26-22-49)50-23-27-52(82-10)28-24-50)92-65(57(60)68)74-41-71-59-63(69-40-70-64(59)74)73-56(80)39-88-53-19-15-12-16-20-53/h11-28,40-43,54-55,57-58,60-62,65-66H,29-39H2,1-10H3,(H,72,76)(H,69,70,73,80)/t54-,55-,57-,58-,60-,61+,62-,65-,66-,95?/m1/s1. The molecule has 2 saturated heterocycles. The first-order valence-electron chi connectivity index (χ1n) is 31.2. The molecule has 6 aromatic rings. The van der Waals surface area contributed by atoms with E-state index in [0.29, 0.717) is 23.4 Å². The number of ether oxygens (including phenoxy) is 13.